The van der Waals surface area contributed by atoms with Gasteiger partial charge in [-0.3, -0.25) is 4.79 Å². The summed E-state index contributed by atoms with van der Waals surface area (Å²) >= 11 is 0. The van der Waals surface area contributed by atoms with E-state index in [2.05, 4.69) is 0 Å². The lowest BCUT2D eigenvalue weighted by Gasteiger charge is -2.03. The molecule has 0 radical (unpaired) electrons. The van der Waals surface area contributed by atoms with Gasteiger partial charge in [0.1, 0.15) is 11.5 Å². The zero-order chi connectivity index (χ0) is 12.2. The molecule has 0 aliphatic rings. The molecule has 0 saturated heterocycles. The fourth-order valence-electron chi connectivity index (χ4n) is 1.24. The highest BCUT2D eigenvalue weighted by Gasteiger charge is 2.15. The van der Waals surface area contributed by atoms with E-state index in [4.69, 9.17) is 10.5 Å². The number of hydrogen-bond donors (Lipinski definition) is 1. The zero-order valence-electron chi connectivity index (χ0n) is 8.84. The molecule has 0 aromatic heterocycles. The Labute approximate surface area is 94.1 Å². The second-order valence-corrected chi connectivity index (χ2v) is 5.41. The van der Waals surface area contributed by atoms with E-state index in [1.165, 1.54) is 7.11 Å². The van der Waals surface area contributed by atoms with Gasteiger partial charge in [0.25, 0.3) is 0 Å². The number of primary amides is 1. The maximum Gasteiger partial charge on any atom is 0.232 e. The molecule has 88 valence electrons. The summed E-state index contributed by atoms with van der Waals surface area (Å²) in [5.74, 6) is -1.01. The minimum absolute atomic E-state index is 0.195. The van der Waals surface area contributed by atoms with Crippen molar-refractivity contribution in [3.8, 4) is 5.75 Å². The summed E-state index contributed by atoms with van der Waals surface area (Å²) in [6, 6.07) is 6.60. The molecule has 16 heavy (non-hydrogen) atoms. The molecule has 5 nitrogen and oxygen atoms in total. The van der Waals surface area contributed by atoms with E-state index in [9.17, 15) is 13.2 Å². The number of ether oxygens (including phenoxy) is 1. The Hall–Kier alpha value is -1.56. The predicted octanol–water partition coefficient (Wildman–Crippen LogP) is 0.0953. The second kappa shape index (κ2) is 4.98. The molecule has 0 saturated carbocycles. The molecule has 6 heteroatoms. The van der Waals surface area contributed by atoms with Crippen molar-refractivity contribution >= 4 is 15.7 Å². The average Bonchev–Trinajstić information content (AvgIpc) is 2.16. The van der Waals surface area contributed by atoms with Crippen LogP contribution in [-0.2, 0) is 20.4 Å². The van der Waals surface area contributed by atoms with E-state index >= 15 is 0 Å². The van der Waals surface area contributed by atoms with Crippen LogP contribution in [0.5, 0.6) is 5.75 Å². The fraction of sp³-hybridized carbons (Fsp3) is 0.300. The van der Waals surface area contributed by atoms with Crippen molar-refractivity contribution < 1.29 is 17.9 Å². The summed E-state index contributed by atoms with van der Waals surface area (Å²) in [5, 5.41) is 0. The molecule has 0 unspecified atom stereocenters. The van der Waals surface area contributed by atoms with Crippen molar-refractivity contribution in [2.75, 3.05) is 12.9 Å². The summed E-state index contributed by atoms with van der Waals surface area (Å²) in [6.45, 7) is 0. The summed E-state index contributed by atoms with van der Waals surface area (Å²) in [4.78, 5) is 10.5. The highest BCUT2D eigenvalue weighted by atomic mass is 32.2. The quantitative estimate of drug-likeness (QED) is 0.794. The molecule has 0 aliphatic heterocycles. The van der Waals surface area contributed by atoms with Crippen molar-refractivity contribution in [3.05, 3.63) is 29.8 Å². The van der Waals surface area contributed by atoms with Crippen molar-refractivity contribution in [1.29, 1.82) is 0 Å². The number of nitrogens with two attached hydrogens (primary N) is 1. The molecular formula is C10H13NO4S. The third kappa shape index (κ3) is 3.90. The van der Waals surface area contributed by atoms with Crippen LogP contribution in [-0.4, -0.2) is 27.2 Å². The van der Waals surface area contributed by atoms with E-state index in [0.717, 1.165) is 0 Å². The van der Waals surface area contributed by atoms with Crippen LogP contribution < -0.4 is 10.5 Å². The number of carbonyl (C=O) groups excluding carboxylic acids is 1. The molecule has 0 aliphatic carbocycles. The largest absolute Gasteiger partial charge is 0.497 e. The first-order valence-corrected chi connectivity index (χ1v) is 6.37. The first-order valence-electron chi connectivity index (χ1n) is 4.54. The highest BCUT2D eigenvalue weighted by molar-refractivity contribution is 7.91. The van der Waals surface area contributed by atoms with Gasteiger partial charge in [0.2, 0.25) is 5.91 Å². The topological polar surface area (TPSA) is 86.5 Å². The van der Waals surface area contributed by atoms with Gasteiger partial charge in [0.05, 0.1) is 12.9 Å². The number of amides is 1. The van der Waals surface area contributed by atoms with Gasteiger partial charge in [-0.25, -0.2) is 8.42 Å². The average molecular weight is 243 g/mol. The summed E-state index contributed by atoms with van der Waals surface area (Å²) in [6.07, 6.45) is 0. The number of hydrogen-bond acceptors (Lipinski definition) is 4. The van der Waals surface area contributed by atoms with Gasteiger partial charge >= 0.3 is 0 Å². The molecule has 1 amide bonds. The minimum Gasteiger partial charge on any atom is -0.497 e. The van der Waals surface area contributed by atoms with Crippen LogP contribution in [0.4, 0.5) is 0 Å². The summed E-state index contributed by atoms with van der Waals surface area (Å²) < 4.78 is 27.8. The zero-order valence-corrected chi connectivity index (χ0v) is 9.66. The van der Waals surface area contributed by atoms with Gasteiger partial charge in [0, 0.05) is 0 Å². The minimum atomic E-state index is -3.47. The molecule has 1 rings (SSSR count). The lowest BCUT2D eigenvalue weighted by atomic mass is 10.2. The Morgan fingerprint density at radius 1 is 1.31 bits per heavy atom. The molecule has 0 bridgehead atoms. The Kier molecular flexibility index (Phi) is 3.89. The van der Waals surface area contributed by atoms with Crippen molar-refractivity contribution in [2.45, 2.75) is 5.75 Å². The maximum atomic E-state index is 11.4. The second-order valence-electron chi connectivity index (χ2n) is 3.35. The van der Waals surface area contributed by atoms with Crippen LogP contribution in [0.15, 0.2) is 24.3 Å². The van der Waals surface area contributed by atoms with Crippen LogP contribution in [0.3, 0.4) is 0 Å². The first kappa shape index (κ1) is 12.5. The fourth-order valence-corrected chi connectivity index (χ4v) is 2.48. The summed E-state index contributed by atoms with van der Waals surface area (Å²) in [7, 11) is -1.94. The SMILES string of the molecule is COc1ccc(CS(=O)(=O)CC(N)=O)cc1. The van der Waals surface area contributed by atoms with Gasteiger partial charge in [-0.15, -0.1) is 0 Å². The van der Waals surface area contributed by atoms with Gasteiger partial charge in [-0.2, -0.15) is 0 Å². The third-order valence-corrected chi connectivity index (χ3v) is 3.41. The Bertz CT molecular complexity index is 464. The van der Waals surface area contributed by atoms with Crippen LogP contribution in [0.1, 0.15) is 5.56 Å². The Morgan fingerprint density at radius 3 is 2.31 bits per heavy atom. The van der Waals surface area contributed by atoms with Gasteiger partial charge in [0.15, 0.2) is 9.84 Å². The van der Waals surface area contributed by atoms with Gasteiger partial charge in [-0.05, 0) is 17.7 Å². The molecule has 0 heterocycles. The van der Waals surface area contributed by atoms with Crippen molar-refractivity contribution in [3.63, 3.8) is 0 Å². The predicted molar refractivity (Wildman–Crippen MR) is 59.7 cm³/mol. The number of methoxy groups -OCH3 is 1. The van der Waals surface area contributed by atoms with Crippen LogP contribution in [0, 0.1) is 0 Å². The smallest absolute Gasteiger partial charge is 0.232 e. The molecule has 0 spiro atoms. The standard InChI is InChI=1S/C10H13NO4S/c1-15-9-4-2-8(3-5-9)6-16(13,14)7-10(11)12/h2-5H,6-7H2,1H3,(H2,11,12). The van der Waals surface area contributed by atoms with Gasteiger partial charge in [-0.1, -0.05) is 12.1 Å². The molecule has 1 aromatic rings. The highest BCUT2D eigenvalue weighted by Crippen LogP contribution is 2.13. The Balaban J connectivity index is 2.76. The van der Waals surface area contributed by atoms with Crippen LogP contribution in [0.2, 0.25) is 0 Å². The van der Waals surface area contributed by atoms with Gasteiger partial charge < -0.3 is 10.5 Å². The number of benzene rings is 1. The molecule has 2 N–H and O–H groups in total. The normalized spacial score (nSPS) is 11.1. The first-order chi connectivity index (χ1) is 7.43. The van der Waals surface area contributed by atoms with Crippen molar-refractivity contribution in [2.24, 2.45) is 5.73 Å². The number of rotatable bonds is 5. The molecule has 0 atom stereocenters. The molecule has 0 fully saturated rings. The van der Waals surface area contributed by atoms with Crippen molar-refractivity contribution in [1.82, 2.24) is 0 Å². The number of carbonyl (C=O) groups is 1. The Morgan fingerprint density at radius 2 is 1.88 bits per heavy atom. The lowest BCUT2D eigenvalue weighted by molar-refractivity contribution is -0.115. The number of sulfone groups is 1. The van der Waals surface area contributed by atoms with E-state index in [1.54, 1.807) is 24.3 Å². The van der Waals surface area contributed by atoms with E-state index < -0.39 is 21.5 Å². The third-order valence-electron chi connectivity index (χ3n) is 1.91. The van der Waals surface area contributed by atoms with E-state index in [-0.39, 0.29) is 5.75 Å². The maximum absolute atomic E-state index is 11.4. The van der Waals surface area contributed by atoms with E-state index in [1.807, 2.05) is 0 Å². The molecular weight excluding hydrogens is 230 g/mol. The monoisotopic (exact) mass is 243 g/mol. The lowest BCUT2D eigenvalue weighted by Crippen LogP contribution is -2.24. The molecule has 1 aromatic carbocycles. The van der Waals surface area contributed by atoms with E-state index in [0.29, 0.717) is 11.3 Å². The van der Waals surface area contributed by atoms with Crippen LogP contribution >= 0.6 is 0 Å². The summed E-state index contributed by atoms with van der Waals surface area (Å²) in [5.41, 5.74) is 5.44. The van der Waals surface area contributed by atoms with Crippen LogP contribution in [0.25, 0.3) is 0 Å².